The molecule has 0 aromatic heterocycles. The van der Waals surface area contributed by atoms with Gasteiger partial charge < -0.3 is 47.4 Å². The highest BCUT2D eigenvalue weighted by atomic mass is 32.2. The van der Waals surface area contributed by atoms with E-state index in [4.69, 9.17) is 28.4 Å². The van der Waals surface area contributed by atoms with Gasteiger partial charge in [0.1, 0.15) is 66.1 Å². The largest absolute Gasteiger partial charge is 0.462 e. The third-order valence-electron chi connectivity index (χ3n) is 9.01. The van der Waals surface area contributed by atoms with E-state index in [2.05, 4.69) is 134 Å². The molecule has 0 N–H and O–H groups in total. The van der Waals surface area contributed by atoms with Crippen LogP contribution in [0.15, 0.2) is 72.9 Å². The minimum Gasteiger partial charge on any atom is -0.462 e. The van der Waals surface area contributed by atoms with E-state index in [0.29, 0.717) is 44.9 Å². The molecule has 0 aliphatic rings. The highest BCUT2D eigenvalue weighted by Crippen LogP contribution is 2.16. The minimum absolute atomic E-state index is 0. The van der Waals surface area contributed by atoms with Crippen LogP contribution in [0.1, 0.15) is 98.9 Å². The van der Waals surface area contributed by atoms with E-state index in [1.54, 1.807) is 102 Å². The molecule has 94 heavy (non-hydrogen) atoms. The first-order chi connectivity index (χ1) is 42.3. The Hall–Kier alpha value is -3.36. The van der Waals surface area contributed by atoms with Gasteiger partial charge in [-0.2, -0.15) is 123 Å². The first-order valence-electron chi connectivity index (χ1n) is 27.9. The molecule has 30 heteroatoms. The van der Waals surface area contributed by atoms with Crippen LogP contribution in [0.25, 0.3) is 0 Å². The number of carbonyl (C=O) groups is 10. The van der Waals surface area contributed by atoms with E-state index in [-0.39, 0.29) is 143 Å². The summed E-state index contributed by atoms with van der Waals surface area (Å²) in [5.41, 5.74) is 1.86. The van der Waals surface area contributed by atoms with Crippen LogP contribution < -0.4 is 0 Å². The third kappa shape index (κ3) is 79.3. The van der Waals surface area contributed by atoms with Crippen molar-refractivity contribution in [2.45, 2.75) is 98.9 Å². The molecule has 0 aliphatic carbocycles. The van der Waals surface area contributed by atoms with Crippen molar-refractivity contribution in [3.05, 3.63) is 72.9 Å². The lowest BCUT2D eigenvalue weighted by Crippen LogP contribution is -2.22. The second-order valence-electron chi connectivity index (χ2n) is 18.4. The van der Waals surface area contributed by atoms with Gasteiger partial charge in [0.25, 0.3) is 0 Å². The average Bonchev–Trinajstić information content (AvgIpc) is 3.43. The molecule has 0 saturated carbocycles. The monoisotopic (exact) mass is 1520 g/mol. The van der Waals surface area contributed by atoms with E-state index < -0.39 is 35.8 Å². The molecule has 0 fully saturated rings. The van der Waals surface area contributed by atoms with E-state index in [1.807, 2.05) is 13.8 Å². The van der Waals surface area contributed by atoms with Crippen molar-refractivity contribution in [3.63, 3.8) is 0 Å². The maximum atomic E-state index is 11.9. The van der Waals surface area contributed by atoms with Gasteiger partial charge in [0.2, 0.25) is 0 Å². The van der Waals surface area contributed by atoms with Crippen molar-refractivity contribution in [1.29, 1.82) is 0 Å². The number of ether oxygens (including phenoxy) is 10. The summed E-state index contributed by atoms with van der Waals surface area (Å²) in [7, 11) is 0. The zero-order valence-electron chi connectivity index (χ0n) is 54.0. The Bertz CT molecular complexity index is 1940. The molecule has 0 aromatic carbocycles. The van der Waals surface area contributed by atoms with Gasteiger partial charge in [-0.05, 0) is 76.1 Å². The van der Waals surface area contributed by atoms with Crippen molar-refractivity contribution in [1.82, 2.24) is 0 Å². The molecule has 0 saturated heterocycles. The van der Waals surface area contributed by atoms with E-state index >= 15 is 0 Å². The summed E-state index contributed by atoms with van der Waals surface area (Å²) in [4.78, 5) is 113. The summed E-state index contributed by atoms with van der Waals surface area (Å²) in [6.45, 7) is 37.5. The van der Waals surface area contributed by atoms with Gasteiger partial charge >= 0.3 is 59.7 Å². The van der Waals surface area contributed by atoms with Crippen molar-refractivity contribution >= 4 is 183 Å². The molecule has 4 atom stereocenters. The normalized spacial score (nSPS) is 10.6. The minimum atomic E-state index is -0.506. The second kappa shape index (κ2) is 78.6. The molecule has 552 valence electrons. The summed E-state index contributed by atoms with van der Waals surface area (Å²) >= 11 is 30.2. The number of rotatable bonds is 42. The number of thioether (sulfide) groups is 4. The molecule has 0 amide bonds. The molecular weight excluding hydrogens is 1410 g/mol. The van der Waals surface area contributed by atoms with Crippen LogP contribution >= 0.6 is 123 Å². The quantitative estimate of drug-likeness (QED) is 0.0109. The van der Waals surface area contributed by atoms with Crippen LogP contribution in [0, 0.1) is 23.7 Å². The number of esters is 10. The number of thiol groups is 6. The van der Waals surface area contributed by atoms with Crippen LogP contribution in [0.2, 0.25) is 0 Å². The van der Waals surface area contributed by atoms with E-state index in [9.17, 15) is 47.9 Å². The highest BCUT2D eigenvalue weighted by molar-refractivity contribution is 8.03. The maximum Gasteiger partial charge on any atom is 0.333 e. The zero-order chi connectivity index (χ0) is 70.4. The lowest BCUT2D eigenvalue weighted by Gasteiger charge is -2.13. The van der Waals surface area contributed by atoms with E-state index in [1.165, 1.54) is 0 Å². The fourth-order valence-electron chi connectivity index (χ4n) is 4.24. The molecule has 0 spiro atoms. The SMILES string of the molecule is C.C.C.C.C=C(C)C(=O)OCCOC(=O)C(=C)C.C=C(C)C(=O)OCCOC(=O)C(=C)C.C=C(C)C(=O)OCCOC(=O)C(C)CSCCSCC(C)C(=O)OCCOC(=O)C(=C)C.CC(CSCCS)C(=O)OCCOC(=O)C(C)CSCCS.SCCS.SCCS. The summed E-state index contributed by atoms with van der Waals surface area (Å²) in [5, 5.41) is 0. The molecule has 0 aromatic rings. The van der Waals surface area contributed by atoms with Crippen LogP contribution in [0.5, 0.6) is 0 Å². The van der Waals surface area contributed by atoms with Gasteiger partial charge in [-0.1, -0.05) is 96.9 Å². The Kier molecular flexibility index (Phi) is 93.7. The van der Waals surface area contributed by atoms with Crippen molar-refractivity contribution < 1.29 is 95.3 Å². The fraction of sp³-hybridized carbons (Fsp3) is 0.656. The van der Waals surface area contributed by atoms with Crippen LogP contribution in [0.3, 0.4) is 0 Å². The van der Waals surface area contributed by atoms with Gasteiger partial charge in [0.15, 0.2) is 0 Å². The highest BCUT2D eigenvalue weighted by Gasteiger charge is 2.19. The number of hydrogen-bond donors (Lipinski definition) is 6. The first-order valence-corrected chi connectivity index (χ1v) is 36.3. The maximum absolute atomic E-state index is 11.9. The predicted molar refractivity (Wildman–Crippen MR) is 414 cm³/mol. The van der Waals surface area contributed by atoms with Crippen molar-refractivity contribution in [3.8, 4) is 0 Å². The van der Waals surface area contributed by atoms with Crippen molar-refractivity contribution in [2.75, 3.05) is 147 Å². The molecule has 0 rings (SSSR count). The summed E-state index contributed by atoms with van der Waals surface area (Å²) < 4.78 is 48.8. The van der Waals surface area contributed by atoms with Crippen LogP contribution in [-0.2, 0) is 95.3 Å². The fourth-order valence-corrected chi connectivity index (χ4v) is 8.84. The molecular formula is C64H116O20S10. The van der Waals surface area contributed by atoms with Gasteiger partial charge in [0, 0.05) is 79.5 Å². The smallest absolute Gasteiger partial charge is 0.333 e. The lowest BCUT2D eigenvalue weighted by molar-refractivity contribution is -0.155. The standard InChI is InChI=1S/C22H34O8S2.C14H26O4S4.2C10H14O4.2C2H6S2.4CH4/c1-15(2)19(23)27-7-9-29-21(25)17(5)13-31-11-12-32-14-18(6)22(26)30-10-8-28-20(24)16(3)4;1-11(9-21-7-5-19)13(15)17-3-4-18-14(16)12(2)10-22-8-6-20;2*1-7(2)9(11)13-5-6-14-10(12)8(3)4;2*3-1-2-4;;;;/h17-18H,1,3,7-14H2,2,4-6H3;11-12,19-20H,3-10H2,1-2H3;2*1,3,5-6H2,2,4H3;2*3-4H,1-2H2;4*1H4. The topological polar surface area (TPSA) is 263 Å². The Morgan fingerprint density at radius 1 is 0.266 bits per heavy atom. The van der Waals surface area contributed by atoms with Gasteiger partial charge in [-0.3, -0.25) is 19.2 Å². The molecule has 0 heterocycles. The molecule has 20 nitrogen and oxygen atoms in total. The molecule has 0 radical (unpaired) electrons. The van der Waals surface area contributed by atoms with Gasteiger partial charge in [-0.15, -0.1) is 0 Å². The summed E-state index contributed by atoms with van der Waals surface area (Å²) in [5.74, 6) is 6.30. The molecule has 0 aliphatic heterocycles. The van der Waals surface area contributed by atoms with Crippen molar-refractivity contribution in [2.24, 2.45) is 23.7 Å². The molecule has 0 bridgehead atoms. The number of hydrogen-bond acceptors (Lipinski definition) is 30. The zero-order valence-corrected chi connectivity index (χ0v) is 62.6. The Labute approximate surface area is 615 Å². The Morgan fingerprint density at radius 3 is 0.532 bits per heavy atom. The Balaban J connectivity index is -0.000000124. The third-order valence-corrected chi connectivity index (χ3v) is 16.8. The predicted octanol–water partition coefficient (Wildman–Crippen LogP) is 12.4. The van der Waals surface area contributed by atoms with Crippen LogP contribution in [-0.4, -0.2) is 206 Å². The Morgan fingerprint density at radius 2 is 0.404 bits per heavy atom. The van der Waals surface area contributed by atoms with Gasteiger partial charge in [-0.25, -0.2) is 28.8 Å². The van der Waals surface area contributed by atoms with E-state index in [0.717, 1.165) is 69.0 Å². The first kappa shape index (κ1) is 112. The summed E-state index contributed by atoms with van der Waals surface area (Å²) in [6, 6.07) is 0. The average molecular weight is 1530 g/mol. The second-order valence-corrected chi connectivity index (χ2v) is 25.7. The van der Waals surface area contributed by atoms with Gasteiger partial charge in [0.05, 0.1) is 23.7 Å². The lowest BCUT2D eigenvalue weighted by atomic mass is 10.2. The van der Waals surface area contributed by atoms with Crippen LogP contribution in [0.4, 0.5) is 0 Å². The number of carbonyl (C=O) groups excluding carboxylic acids is 10. The summed E-state index contributed by atoms with van der Waals surface area (Å²) in [6.07, 6.45) is 0. The molecule has 4 unspecified atom stereocenters.